The van der Waals surface area contributed by atoms with Crippen LogP contribution in [0.15, 0.2) is 59.8 Å². The summed E-state index contributed by atoms with van der Waals surface area (Å²) in [6.07, 6.45) is -2.42. The van der Waals surface area contributed by atoms with E-state index in [1.54, 1.807) is 13.0 Å². The lowest BCUT2D eigenvalue weighted by molar-refractivity contribution is -0.137. The molecule has 0 aliphatic heterocycles. The van der Waals surface area contributed by atoms with Gasteiger partial charge in [-0.15, -0.1) is 0 Å². The minimum atomic E-state index is -4.48. The third kappa shape index (κ3) is 7.57. The van der Waals surface area contributed by atoms with Crippen molar-refractivity contribution in [2.75, 3.05) is 24.0 Å². The third-order valence-corrected chi connectivity index (χ3v) is 4.57. The summed E-state index contributed by atoms with van der Waals surface area (Å²) in [5, 5.41) is 6.64. The second-order valence-electron chi connectivity index (χ2n) is 6.91. The lowest BCUT2D eigenvalue weighted by Crippen LogP contribution is -2.20. The average Bonchev–Trinajstić information content (AvgIpc) is 2.80. The van der Waals surface area contributed by atoms with E-state index in [1.807, 2.05) is 0 Å². The van der Waals surface area contributed by atoms with Gasteiger partial charge in [-0.2, -0.15) is 18.3 Å². The van der Waals surface area contributed by atoms with Gasteiger partial charge in [-0.1, -0.05) is 11.6 Å². The predicted molar refractivity (Wildman–Crippen MR) is 124 cm³/mol. The Morgan fingerprint density at radius 2 is 1.89 bits per heavy atom. The fourth-order valence-corrected chi connectivity index (χ4v) is 3.01. The molecule has 1 amide bonds. The predicted octanol–water partition coefficient (Wildman–Crippen LogP) is 5.76. The van der Waals surface area contributed by atoms with E-state index in [2.05, 4.69) is 20.8 Å². The monoisotopic (exact) mass is 510 g/mol. The molecule has 0 fully saturated rings. The molecule has 0 saturated carbocycles. The number of hydrazone groups is 1. The molecule has 1 heterocycles. The maximum Gasteiger partial charge on any atom is 0.417 e. The molecule has 35 heavy (non-hydrogen) atoms. The Morgan fingerprint density at radius 3 is 2.51 bits per heavy atom. The number of alkyl halides is 3. The Labute approximate surface area is 202 Å². The lowest BCUT2D eigenvalue weighted by atomic mass is 10.2. The van der Waals surface area contributed by atoms with Crippen molar-refractivity contribution in [1.82, 2.24) is 4.98 Å². The molecule has 12 heteroatoms. The van der Waals surface area contributed by atoms with Gasteiger partial charge in [0.15, 0.2) is 18.1 Å². The van der Waals surface area contributed by atoms with Crippen LogP contribution in [-0.4, -0.2) is 30.3 Å². The first-order valence-electron chi connectivity index (χ1n) is 10.1. The van der Waals surface area contributed by atoms with Gasteiger partial charge < -0.3 is 14.8 Å². The number of hydrogen-bond donors (Lipinski definition) is 2. The van der Waals surface area contributed by atoms with Gasteiger partial charge in [0.1, 0.15) is 11.6 Å². The van der Waals surface area contributed by atoms with Crippen molar-refractivity contribution in [3.05, 3.63) is 76.7 Å². The quantitative estimate of drug-likeness (QED) is 0.217. The average molecular weight is 511 g/mol. The minimum Gasteiger partial charge on any atom is -0.490 e. The summed E-state index contributed by atoms with van der Waals surface area (Å²) in [6, 6.07) is 10.3. The van der Waals surface area contributed by atoms with Gasteiger partial charge in [0.25, 0.3) is 5.91 Å². The van der Waals surface area contributed by atoms with Crippen molar-refractivity contribution in [2.24, 2.45) is 5.10 Å². The van der Waals surface area contributed by atoms with Crippen LogP contribution in [0.2, 0.25) is 5.02 Å². The Kier molecular flexibility index (Phi) is 8.48. The molecule has 2 N–H and O–H groups in total. The van der Waals surface area contributed by atoms with Crippen molar-refractivity contribution < 1.29 is 31.8 Å². The fourth-order valence-electron chi connectivity index (χ4n) is 2.73. The van der Waals surface area contributed by atoms with E-state index in [-0.39, 0.29) is 35.6 Å². The first-order chi connectivity index (χ1) is 16.7. The van der Waals surface area contributed by atoms with Crippen molar-refractivity contribution in [3.63, 3.8) is 0 Å². The Bertz CT molecular complexity index is 1190. The van der Waals surface area contributed by atoms with Crippen molar-refractivity contribution in [3.8, 4) is 11.5 Å². The fraction of sp³-hybridized carbons (Fsp3) is 0.174. The zero-order valence-corrected chi connectivity index (χ0v) is 19.0. The number of carbonyl (C=O) groups excluding carboxylic acids is 1. The van der Waals surface area contributed by atoms with Crippen LogP contribution in [0, 0.1) is 5.82 Å². The number of ether oxygens (including phenoxy) is 2. The number of aromatic nitrogens is 1. The van der Waals surface area contributed by atoms with Crippen molar-refractivity contribution in [1.29, 1.82) is 0 Å². The van der Waals surface area contributed by atoms with E-state index in [1.165, 1.54) is 36.5 Å². The largest absolute Gasteiger partial charge is 0.490 e. The summed E-state index contributed by atoms with van der Waals surface area (Å²) >= 11 is 6.31. The number of halogens is 5. The van der Waals surface area contributed by atoms with Crippen molar-refractivity contribution >= 4 is 35.2 Å². The molecule has 1 aromatic heterocycles. The smallest absolute Gasteiger partial charge is 0.417 e. The van der Waals surface area contributed by atoms with E-state index in [0.29, 0.717) is 17.4 Å². The molecule has 0 bridgehead atoms. The molecule has 0 radical (unpaired) electrons. The second-order valence-corrected chi connectivity index (χ2v) is 7.31. The summed E-state index contributed by atoms with van der Waals surface area (Å²) in [5.74, 6) is -0.422. The van der Waals surface area contributed by atoms with Gasteiger partial charge in [0, 0.05) is 11.9 Å². The van der Waals surface area contributed by atoms with Crippen LogP contribution in [0.3, 0.4) is 0 Å². The standard InChI is InChI=1S/C23H19ClF4N4O3/c1-2-34-19-10-14(11-30-32-20-8-3-15(12-29-20)23(26,27)28)9-18(24)22(19)35-13-21(33)31-17-6-4-16(25)5-7-17/h3-12H,2,13H2,1H3,(H,29,32)(H,31,33)/b30-11-. The number of nitrogens with one attached hydrogen (secondary N) is 2. The lowest BCUT2D eigenvalue weighted by Gasteiger charge is -2.14. The van der Waals surface area contributed by atoms with Crippen LogP contribution in [0.5, 0.6) is 11.5 Å². The van der Waals surface area contributed by atoms with E-state index >= 15 is 0 Å². The van der Waals surface area contributed by atoms with Crippen LogP contribution in [0.1, 0.15) is 18.1 Å². The first-order valence-corrected chi connectivity index (χ1v) is 10.5. The second kappa shape index (κ2) is 11.5. The number of hydrogen-bond acceptors (Lipinski definition) is 6. The summed E-state index contributed by atoms with van der Waals surface area (Å²) < 4.78 is 61.9. The molecule has 0 aliphatic carbocycles. The van der Waals surface area contributed by atoms with Crippen LogP contribution in [0.25, 0.3) is 0 Å². The number of amides is 1. The molecule has 184 valence electrons. The SMILES string of the molecule is CCOc1cc(/C=N\Nc2ccc(C(F)(F)F)cn2)cc(Cl)c1OCC(=O)Nc1ccc(F)cc1. The molecule has 3 aromatic rings. The number of benzene rings is 2. The van der Waals surface area contributed by atoms with Crippen LogP contribution in [0.4, 0.5) is 29.1 Å². The summed E-state index contributed by atoms with van der Waals surface area (Å²) in [5.41, 5.74) is 2.54. The highest BCUT2D eigenvalue weighted by Gasteiger charge is 2.30. The Balaban J connectivity index is 1.65. The van der Waals surface area contributed by atoms with Crippen LogP contribution < -0.4 is 20.2 Å². The van der Waals surface area contributed by atoms with E-state index in [9.17, 15) is 22.4 Å². The van der Waals surface area contributed by atoms with Gasteiger partial charge in [-0.25, -0.2) is 9.37 Å². The number of rotatable bonds is 9. The van der Waals surface area contributed by atoms with Gasteiger partial charge in [0.05, 0.1) is 23.4 Å². The molecule has 0 unspecified atom stereocenters. The molecular formula is C23H19ClF4N4O3. The number of nitrogens with zero attached hydrogens (tertiary/aromatic N) is 2. The molecule has 0 saturated heterocycles. The molecule has 0 atom stereocenters. The van der Waals surface area contributed by atoms with Crippen molar-refractivity contribution in [2.45, 2.75) is 13.1 Å². The molecule has 0 aliphatic rings. The highest BCUT2D eigenvalue weighted by Crippen LogP contribution is 2.36. The number of pyridine rings is 1. The number of carbonyl (C=O) groups is 1. The Hall–Kier alpha value is -3.86. The normalized spacial score (nSPS) is 11.4. The zero-order valence-electron chi connectivity index (χ0n) is 18.2. The summed E-state index contributed by atoms with van der Waals surface area (Å²) in [6.45, 7) is 1.64. The van der Waals surface area contributed by atoms with Gasteiger partial charge in [-0.3, -0.25) is 10.2 Å². The van der Waals surface area contributed by atoms with E-state index in [4.69, 9.17) is 21.1 Å². The highest BCUT2D eigenvalue weighted by molar-refractivity contribution is 6.32. The summed E-state index contributed by atoms with van der Waals surface area (Å²) in [4.78, 5) is 15.8. The molecule has 7 nitrogen and oxygen atoms in total. The molecular weight excluding hydrogens is 492 g/mol. The third-order valence-electron chi connectivity index (χ3n) is 4.29. The van der Waals surface area contributed by atoms with Gasteiger partial charge in [-0.05, 0) is 61.0 Å². The van der Waals surface area contributed by atoms with Gasteiger partial charge >= 0.3 is 6.18 Å². The maximum atomic E-state index is 13.0. The van der Waals surface area contributed by atoms with Crippen LogP contribution in [-0.2, 0) is 11.0 Å². The molecule has 0 spiro atoms. The number of anilines is 2. The molecule has 2 aromatic carbocycles. The topological polar surface area (TPSA) is 84.8 Å². The van der Waals surface area contributed by atoms with Crippen LogP contribution >= 0.6 is 11.6 Å². The minimum absolute atomic E-state index is 0.109. The van der Waals surface area contributed by atoms with Gasteiger partial charge in [0.2, 0.25) is 0 Å². The maximum absolute atomic E-state index is 13.0. The first kappa shape index (κ1) is 25.8. The molecule has 3 rings (SSSR count). The zero-order chi connectivity index (χ0) is 25.4. The highest BCUT2D eigenvalue weighted by atomic mass is 35.5. The van der Waals surface area contributed by atoms with E-state index in [0.717, 1.165) is 12.1 Å². The van der Waals surface area contributed by atoms with E-state index < -0.39 is 23.5 Å². The summed E-state index contributed by atoms with van der Waals surface area (Å²) in [7, 11) is 0. The Morgan fingerprint density at radius 1 is 1.14 bits per heavy atom.